The van der Waals surface area contributed by atoms with Gasteiger partial charge in [0.2, 0.25) is 5.82 Å². The summed E-state index contributed by atoms with van der Waals surface area (Å²) in [4.78, 5) is 12.7. The van der Waals surface area contributed by atoms with Crippen molar-refractivity contribution in [2.75, 3.05) is 5.32 Å². The first-order chi connectivity index (χ1) is 15.2. The number of aromatic nitrogens is 4. The monoisotopic (exact) mass is 423 g/mol. The molecule has 2 aromatic carbocycles. The van der Waals surface area contributed by atoms with Crippen LogP contribution >= 0.6 is 0 Å². The minimum absolute atomic E-state index is 0.0771. The lowest BCUT2D eigenvalue weighted by molar-refractivity contribution is 0.102. The van der Waals surface area contributed by atoms with Crippen molar-refractivity contribution in [1.29, 1.82) is 0 Å². The Kier molecular flexibility index (Phi) is 4.95. The molecule has 0 aliphatic heterocycles. The maximum atomic E-state index is 14.3. The van der Waals surface area contributed by atoms with Crippen molar-refractivity contribution in [3.8, 4) is 11.5 Å². The number of ether oxygens (including phenoxy) is 2. The van der Waals surface area contributed by atoms with Gasteiger partial charge in [-0.1, -0.05) is 5.21 Å². The van der Waals surface area contributed by atoms with E-state index in [0.29, 0.717) is 33.8 Å². The minimum atomic E-state index is -0.509. The second kappa shape index (κ2) is 8.05. The van der Waals surface area contributed by atoms with Crippen LogP contribution < -0.4 is 14.8 Å². The summed E-state index contributed by atoms with van der Waals surface area (Å²) < 4.78 is 31.0. The fraction of sp³-hybridized carbons (Fsp3) is 0.238. The number of fused-ring (bicyclic) bond motifs is 1. The van der Waals surface area contributed by atoms with Crippen LogP contribution in [0, 0.1) is 5.82 Å². The van der Waals surface area contributed by atoms with E-state index in [4.69, 9.17) is 13.9 Å². The summed E-state index contributed by atoms with van der Waals surface area (Å²) >= 11 is 0. The van der Waals surface area contributed by atoms with E-state index in [9.17, 15) is 9.18 Å². The van der Waals surface area contributed by atoms with E-state index in [1.165, 1.54) is 18.4 Å². The summed E-state index contributed by atoms with van der Waals surface area (Å²) in [6.07, 6.45) is 4.41. The highest BCUT2D eigenvalue weighted by molar-refractivity contribution is 6.12. The first-order valence-electron chi connectivity index (χ1n) is 9.79. The highest BCUT2D eigenvalue weighted by Crippen LogP contribution is 2.30. The number of halogens is 1. The molecule has 2 N–H and O–H groups in total. The van der Waals surface area contributed by atoms with Gasteiger partial charge in [-0.15, -0.1) is 10.2 Å². The topological polar surface area (TPSA) is 115 Å². The molecular weight excluding hydrogens is 405 g/mol. The number of rotatable bonds is 7. The number of nitrogens with one attached hydrogen (secondary N) is 2. The number of hydrogen-bond donors (Lipinski definition) is 2. The van der Waals surface area contributed by atoms with Gasteiger partial charge in [0.05, 0.1) is 11.7 Å². The third-order valence-electron chi connectivity index (χ3n) is 5.08. The van der Waals surface area contributed by atoms with Crippen LogP contribution in [0.1, 0.15) is 35.4 Å². The van der Waals surface area contributed by atoms with Crippen molar-refractivity contribution >= 4 is 22.6 Å². The Labute approximate surface area is 175 Å². The van der Waals surface area contributed by atoms with E-state index in [0.717, 1.165) is 19.3 Å². The van der Waals surface area contributed by atoms with Crippen LogP contribution in [0.25, 0.3) is 11.0 Å². The van der Waals surface area contributed by atoms with Crippen LogP contribution in [0.15, 0.2) is 47.1 Å². The molecule has 4 aromatic rings. The van der Waals surface area contributed by atoms with E-state index >= 15 is 0 Å². The molecule has 0 saturated heterocycles. The fourth-order valence-corrected chi connectivity index (χ4v) is 3.21. The summed E-state index contributed by atoms with van der Waals surface area (Å²) in [5, 5.41) is 16.7. The molecule has 158 valence electrons. The molecule has 0 unspecified atom stereocenters. The van der Waals surface area contributed by atoms with Gasteiger partial charge in [0, 0.05) is 23.2 Å². The van der Waals surface area contributed by atoms with E-state index in [-0.39, 0.29) is 18.5 Å². The first-order valence-corrected chi connectivity index (χ1v) is 9.79. The summed E-state index contributed by atoms with van der Waals surface area (Å²) in [5.74, 6) is 0.222. The summed E-state index contributed by atoms with van der Waals surface area (Å²) in [7, 11) is 0. The zero-order chi connectivity index (χ0) is 21.2. The van der Waals surface area contributed by atoms with Crippen molar-refractivity contribution in [2.45, 2.75) is 32.0 Å². The number of furan rings is 1. The molecular formula is C21H18FN5O4. The second-order valence-corrected chi connectivity index (χ2v) is 7.19. The highest BCUT2D eigenvalue weighted by atomic mass is 19.1. The molecule has 9 nitrogen and oxygen atoms in total. The van der Waals surface area contributed by atoms with Crippen LogP contribution in [0.3, 0.4) is 0 Å². The molecule has 1 aliphatic carbocycles. The number of H-pyrrole nitrogens is 1. The van der Waals surface area contributed by atoms with Gasteiger partial charge >= 0.3 is 0 Å². The van der Waals surface area contributed by atoms with E-state index in [2.05, 4.69) is 25.9 Å². The Morgan fingerprint density at radius 1 is 1.26 bits per heavy atom. The standard InChI is InChI=1S/C21H18FN5O4/c22-17-8-12(4-7-18(17)31-13-2-1-3-13)23-21(28)16-10-30-19-9-14(5-6-15(16)19)29-11-20-24-26-27-25-20/h4-10,13H,1-3,11H2,(H,23,28)(H,24,25,26,27). The lowest BCUT2D eigenvalue weighted by Crippen LogP contribution is -2.25. The molecule has 0 atom stereocenters. The molecule has 0 bridgehead atoms. The van der Waals surface area contributed by atoms with E-state index < -0.39 is 11.7 Å². The Balaban J connectivity index is 1.27. The van der Waals surface area contributed by atoms with Crippen molar-refractivity contribution in [3.63, 3.8) is 0 Å². The van der Waals surface area contributed by atoms with Crippen LogP contribution in [-0.4, -0.2) is 32.6 Å². The molecule has 2 heterocycles. The number of anilines is 1. The van der Waals surface area contributed by atoms with Crippen molar-refractivity contribution in [2.24, 2.45) is 0 Å². The van der Waals surface area contributed by atoms with Crippen LogP contribution in [0.2, 0.25) is 0 Å². The molecule has 2 aromatic heterocycles. The fourth-order valence-electron chi connectivity index (χ4n) is 3.21. The average Bonchev–Trinajstić information content (AvgIpc) is 3.39. The molecule has 1 aliphatic rings. The molecule has 0 spiro atoms. The van der Waals surface area contributed by atoms with Gasteiger partial charge in [-0.25, -0.2) is 4.39 Å². The van der Waals surface area contributed by atoms with Crippen LogP contribution in [0.4, 0.5) is 10.1 Å². The summed E-state index contributed by atoms with van der Waals surface area (Å²) in [6.45, 7) is 0.141. The summed E-state index contributed by atoms with van der Waals surface area (Å²) in [6, 6.07) is 9.48. The van der Waals surface area contributed by atoms with E-state index in [1.54, 1.807) is 24.3 Å². The second-order valence-electron chi connectivity index (χ2n) is 7.19. The Morgan fingerprint density at radius 2 is 2.16 bits per heavy atom. The van der Waals surface area contributed by atoms with E-state index in [1.807, 2.05) is 0 Å². The third kappa shape index (κ3) is 4.04. The molecule has 10 heteroatoms. The molecule has 5 rings (SSSR count). The summed E-state index contributed by atoms with van der Waals surface area (Å²) in [5.41, 5.74) is 1.14. The van der Waals surface area contributed by atoms with Gasteiger partial charge in [-0.2, -0.15) is 5.21 Å². The molecule has 1 fully saturated rings. The maximum Gasteiger partial charge on any atom is 0.259 e. The predicted octanol–water partition coefficient (Wildman–Crippen LogP) is 3.85. The zero-order valence-corrected chi connectivity index (χ0v) is 16.3. The highest BCUT2D eigenvalue weighted by Gasteiger charge is 2.21. The SMILES string of the molecule is O=C(Nc1ccc(OC2CCC2)c(F)c1)c1coc2cc(OCc3nn[nH]n3)ccc12. The number of carbonyl (C=O) groups excluding carboxylic acids is 1. The van der Waals surface area contributed by atoms with Crippen molar-refractivity contribution in [3.05, 3.63) is 59.9 Å². The lowest BCUT2D eigenvalue weighted by Gasteiger charge is -2.26. The molecule has 1 saturated carbocycles. The van der Waals surface area contributed by atoms with Gasteiger partial charge in [-0.3, -0.25) is 4.79 Å². The number of carbonyl (C=O) groups is 1. The van der Waals surface area contributed by atoms with Crippen LogP contribution in [0.5, 0.6) is 11.5 Å². The minimum Gasteiger partial charge on any atom is -0.487 e. The number of aromatic amines is 1. The van der Waals surface area contributed by atoms with Gasteiger partial charge in [0.25, 0.3) is 5.91 Å². The predicted molar refractivity (Wildman–Crippen MR) is 107 cm³/mol. The Hall–Kier alpha value is -3.95. The van der Waals surface area contributed by atoms with Gasteiger partial charge < -0.3 is 19.2 Å². The maximum absolute atomic E-state index is 14.3. The number of hydrogen-bond acceptors (Lipinski definition) is 7. The third-order valence-corrected chi connectivity index (χ3v) is 5.08. The molecule has 0 radical (unpaired) electrons. The number of benzene rings is 2. The van der Waals surface area contributed by atoms with Crippen molar-refractivity contribution in [1.82, 2.24) is 20.6 Å². The lowest BCUT2D eigenvalue weighted by atomic mass is 9.96. The van der Waals surface area contributed by atoms with Crippen molar-refractivity contribution < 1.29 is 23.1 Å². The average molecular weight is 423 g/mol. The van der Waals surface area contributed by atoms with Gasteiger partial charge in [0.15, 0.2) is 18.2 Å². The normalized spacial score (nSPS) is 13.7. The Bertz CT molecular complexity index is 1220. The van der Waals surface area contributed by atoms with Gasteiger partial charge in [0.1, 0.15) is 17.6 Å². The molecule has 31 heavy (non-hydrogen) atoms. The molecule has 1 amide bonds. The largest absolute Gasteiger partial charge is 0.487 e. The number of nitrogens with zero attached hydrogens (tertiary/aromatic N) is 3. The zero-order valence-electron chi connectivity index (χ0n) is 16.3. The number of amides is 1. The van der Waals surface area contributed by atoms with Crippen LogP contribution in [-0.2, 0) is 6.61 Å². The smallest absolute Gasteiger partial charge is 0.259 e. The van der Waals surface area contributed by atoms with Gasteiger partial charge in [-0.05, 0) is 43.5 Å². The first kappa shape index (κ1) is 19.0. The quantitative estimate of drug-likeness (QED) is 0.464. The Morgan fingerprint density at radius 3 is 2.90 bits per heavy atom. The number of tetrazole rings is 1.